The van der Waals surface area contributed by atoms with Crippen LogP contribution < -0.4 is 0 Å². The molecule has 0 aliphatic rings. The SMILES string of the molecule is CCOCc1cc(Cl)cc(C#N)c1. The van der Waals surface area contributed by atoms with E-state index in [2.05, 4.69) is 0 Å². The van der Waals surface area contributed by atoms with Crippen LogP contribution >= 0.6 is 11.6 Å². The van der Waals surface area contributed by atoms with Gasteiger partial charge < -0.3 is 4.74 Å². The maximum absolute atomic E-state index is 8.66. The second kappa shape index (κ2) is 4.86. The minimum absolute atomic E-state index is 0.506. The summed E-state index contributed by atoms with van der Waals surface area (Å²) in [5.74, 6) is 0. The van der Waals surface area contributed by atoms with Gasteiger partial charge in [-0.25, -0.2) is 0 Å². The molecule has 0 spiro atoms. The number of halogens is 1. The van der Waals surface area contributed by atoms with Gasteiger partial charge in [-0.05, 0) is 30.7 Å². The summed E-state index contributed by atoms with van der Waals surface area (Å²) in [6.45, 7) is 3.09. The average molecular weight is 196 g/mol. The fourth-order valence-corrected chi connectivity index (χ4v) is 1.28. The second-order valence-electron chi connectivity index (χ2n) is 2.60. The Morgan fingerprint density at radius 2 is 2.23 bits per heavy atom. The van der Waals surface area contributed by atoms with Crippen molar-refractivity contribution in [2.24, 2.45) is 0 Å². The number of hydrogen-bond donors (Lipinski definition) is 0. The van der Waals surface area contributed by atoms with Crippen molar-refractivity contribution in [3.63, 3.8) is 0 Å². The fraction of sp³-hybridized carbons (Fsp3) is 0.300. The highest BCUT2D eigenvalue weighted by Gasteiger charge is 1.98. The molecule has 0 aromatic heterocycles. The first kappa shape index (κ1) is 10.0. The van der Waals surface area contributed by atoms with Crippen LogP contribution in [-0.4, -0.2) is 6.61 Å². The zero-order valence-electron chi connectivity index (χ0n) is 7.38. The maximum Gasteiger partial charge on any atom is 0.0992 e. The van der Waals surface area contributed by atoms with Gasteiger partial charge in [-0.3, -0.25) is 0 Å². The van der Waals surface area contributed by atoms with Crippen LogP contribution in [-0.2, 0) is 11.3 Å². The first-order valence-electron chi connectivity index (χ1n) is 4.03. The lowest BCUT2D eigenvalue weighted by Crippen LogP contribution is -1.92. The summed E-state index contributed by atoms with van der Waals surface area (Å²) in [4.78, 5) is 0. The van der Waals surface area contributed by atoms with E-state index >= 15 is 0 Å². The van der Waals surface area contributed by atoms with Crippen LogP contribution in [0.25, 0.3) is 0 Å². The molecule has 1 rings (SSSR count). The largest absolute Gasteiger partial charge is 0.377 e. The van der Waals surface area contributed by atoms with Crippen LogP contribution in [0.4, 0.5) is 0 Å². The van der Waals surface area contributed by atoms with Crippen LogP contribution in [0.2, 0.25) is 5.02 Å². The Kier molecular flexibility index (Phi) is 3.75. The molecule has 0 saturated carbocycles. The Balaban J connectivity index is 2.83. The zero-order valence-corrected chi connectivity index (χ0v) is 8.14. The number of nitrogens with zero attached hydrogens (tertiary/aromatic N) is 1. The highest BCUT2D eigenvalue weighted by molar-refractivity contribution is 6.30. The van der Waals surface area contributed by atoms with Crippen LogP contribution in [0.3, 0.4) is 0 Å². The van der Waals surface area contributed by atoms with Crippen LogP contribution in [0.5, 0.6) is 0 Å². The van der Waals surface area contributed by atoms with E-state index in [1.165, 1.54) is 0 Å². The summed E-state index contributed by atoms with van der Waals surface area (Å²) in [5, 5.41) is 9.24. The molecule has 0 aliphatic carbocycles. The molecule has 1 aromatic carbocycles. The van der Waals surface area contributed by atoms with E-state index in [1.54, 1.807) is 18.2 Å². The van der Waals surface area contributed by atoms with E-state index in [0.29, 0.717) is 23.8 Å². The van der Waals surface area contributed by atoms with Crippen molar-refractivity contribution in [1.82, 2.24) is 0 Å². The van der Waals surface area contributed by atoms with Crippen molar-refractivity contribution in [3.8, 4) is 6.07 Å². The minimum Gasteiger partial charge on any atom is -0.377 e. The van der Waals surface area contributed by atoms with Crippen molar-refractivity contribution in [3.05, 3.63) is 34.3 Å². The number of ether oxygens (including phenoxy) is 1. The number of nitriles is 1. The molecular formula is C10H10ClNO. The van der Waals surface area contributed by atoms with Gasteiger partial charge in [0.25, 0.3) is 0 Å². The molecule has 0 fully saturated rings. The Labute approximate surface area is 82.7 Å². The van der Waals surface area contributed by atoms with E-state index < -0.39 is 0 Å². The molecule has 13 heavy (non-hydrogen) atoms. The van der Waals surface area contributed by atoms with Gasteiger partial charge in [0.1, 0.15) is 0 Å². The highest BCUT2D eigenvalue weighted by Crippen LogP contribution is 2.15. The van der Waals surface area contributed by atoms with Gasteiger partial charge in [0.05, 0.1) is 18.2 Å². The van der Waals surface area contributed by atoms with Gasteiger partial charge in [-0.1, -0.05) is 11.6 Å². The highest BCUT2D eigenvalue weighted by atomic mass is 35.5. The monoisotopic (exact) mass is 195 g/mol. The lowest BCUT2D eigenvalue weighted by molar-refractivity contribution is 0.134. The molecule has 0 amide bonds. The van der Waals surface area contributed by atoms with Crippen LogP contribution in [0, 0.1) is 11.3 Å². The second-order valence-corrected chi connectivity index (χ2v) is 3.03. The molecule has 0 aliphatic heterocycles. The molecule has 0 saturated heterocycles. The van der Waals surface area contributed by atoms with E-state index in [4.69, 9.17) is 21.6 Å². The quantitative estimate of drug-likeness (QED) is 0.743. The number of hydrogen-bond acceptors (Lipinski definition) is 2. The smallest absolute Gasteiger partial charge is 0.0992 e. The van der Waals surface area contributed by atoms with Crippen molar-refractivity contribution in [1.29, 1.82) is 5.26 Å². The predicted molar refractivity (Wildman–Crippen MR) is 51.5 cm³/mol. The topological polar surface area (TPSA) is 33.0 Å². The van der Waals surface area contributed by atoms with Gasteiger partial charge >= 0.3 is 0 Å². The molecule has 0 N–H and O–H groups in total. The van der Waals surface area contributed by atoms with Crippen LogP contribution in [0.1, 0.15) is 18.1 Å². The average Bonchev–Trinajstić information content (AvgIpc) is 2.14. The van der Waals surface area contributed by atoms with Gasteiger partial charge in [-0.2, -0.15) is 5.26 Å². The Hall–Kier alpha value is -1.04. The Morgan fingerprint density at radius 1 is 1.46 bits per heavy atom. The molecular weight excluding hydrogens is 186 g/mol. The molecule has 0 unspecified atom stereocenters. The third kappa shape index (κ3) is 3.06. The summed E-state index contributed by atoms with van der Waals surface area (Å²) >= 11 is 5.80. The molecule has 68 valence electrons. The number of benzene rings is 1. The Morgan fingerprint density at radius 3 is 2.85 bits per heavy atom. The Bertz CT molecular complexity index is 330. The van der Waals surface area contributed by atoms with Gasteiger partial charge in [-0.15, -0.1) is 0 Å². The summed E-state index contributed by atoms with van der Waals surface area (Å²) in [6.07, 6.45) is 0. The number of rotatable bonds is 3. The predicted octanol–water partition coefficient (Wildman–Crippen LogP) is 2.75. The standard InChI is InChI=1S/C10H10ClNO/c1-2-13-7-9-3-8(6-12)4-10(11)5-9/h3-5H,2,7H2,1H3. The first-order chi connectivity index (χ1) is 6.26. The van der Waals surface area contributed by atoms with E-state index in [9.17, 15) is 0 Å². The molecule has 1 aromatic rings. The summed E-state index contributed by atoms with van der Waals surface area (Å²) in [6, 6.07) is 7.26. The van der Waals surface area contributed by atoms with E-state index in [-0.39, 0.29) is 0 Å². The van der Waals surface area contributed by atoms with Crippen LogP contribution in [0.15, 0.2) is 18.2 Å². The zero-order chi connectivity index (χ0) is 9.68. The first-order valence-corrected chi connectivity index (χ1v) is 4.41. The van der Waals surface area contributed by atoms with Gasteiger partial charge in [0.15, 0.2) is 0 Å². The third-order valence-electron chi connectivity index (χ3n) is 1.56. The van der Waals surface area contributed by atoms with Gasteiger partial charge in [0, 0.05) is 11.6 Å². The summed E-state index contributed by atoms with van der Waals surface area (Å²) in [7, 11) is 0. The maximum atomic E-state index is 8.66. The van der Waals surface area contributed by atoms with Crippen molar-refractivity contribution in [2.45, 2.75) is 13.5 Å². The molecule has 2 nitrogen and oxygen atoms in total. The van der Waals surface area contributed by atoms with Gasteiger partial charge in [0.2, 0.25) is 0 Å². The summed E-state index contributed by atoms with van der Waals surface area (Å²) in [5.41, 5.74) is 1.51. The van der Waals surface area contributed by atoms with E-state index in [0.717, 1.165) is 5.56 Å². The minimum atomic E-state index is 0.506. The van der Waals surface area contributed by atoms with Crippen molar-refractivity contribution >= 4 is 11.6 Å². The molecule has 0 atom stereocenters. The summed E-state index contributed by atoms with van der Waals surface area (Å²) < 4.78 is 5.21. The lowest BCUT2D eigenvalue weighted by Gasteiger charge is -2.02. The molecule has 0 radical (unpaired) electrons. The fourth-order valence-electron chi connectivity index (χ4n) is 1.02. The van der Waals surface area contributed by atoms with Crippen molar-refractivity contribution < 1.29 is 4.74 Å². The lowest BCUT2D eigenvalue weighted by atomic mass is 10.1. The molecule has 0 bridgehead atoms. The van der Waals surface area contributed by atoms with Crippen molar-refractivity contribution in [2.75, 3.05) is 6.61 Å². The third-order valence-corrected chi connectivity index (χ3v) is 1.78. The normalized spacial score (nSPS) is 9.62. The molecule has 0 heterocycles. The van der Waals surface area contributed by atoms with E-state index in [1.807, 2.05) is 13.0 Å². The molecule has 3 heteroatoms.